The monoisotopic (exact) mass is 177 g/mol. The summed E-state index contributed by atoms with van der Waals surface area (Å²) in [6.07, 6.45) is 2.39. The lowest BCUT2D eigenvalue weighted by Crippen LogP contribution is -1.99. The summed E-state index contributed by atoms with van der Waals surface area (Å²) in [5.74, 6) is 0.764. The Morgan fingerprint density at radius 3 is 3.08 bits per heavy atom. The van der Waals surface area contributed by atoms with Crippen LogP contribution < -0.4 is 5.73 Å². The van der Waals surface area contributed by atoms with Crippen molar-refractivity contribution in [3.8, 4) is 0 Å². The van der Waals surface area contributed by atoms with Crippen molar-refractivity contribution in [2.75, 3.05) is 5.73 Å². The molecule has 1 fully saturated rings. The van der Waals surface area contributed by atoms with Crippen molar-refractivity contribution in [2.45, 2.75) is 17.6 Å². The Labute approximate surface area is 77.4 Å². The molecule has 0 aliphatic heterocycles. The maximum atomic E-state index is 5.88. The summed E-state index contributed by atoms with van der Waals surface area (Å²) >= 11 is 4.69. The lowest BCUT2D eigenvalue weighted by atomic mass is 10.0. The van der Waals surface area contributed by atoms with E-state index in [-0.39, 0.29) is 4.75 Å². The van der Waals surface area contributed by atoms with Crippen LogP contribution in [-0.2, 0) is 11.2 Å². The van der Waals surface area contributed by atoms with Crippen LogP contribution in [0.3, 0.4) is 0 Å². The van der Waals surface area contributed by atoms with Crippen LogP contribution >= 0.6 is 12.6 Å². The largest absolute Gasteiger partial charge is 0.398 e. The van der Waals surface area contributed by atoms with E-state index in [0.717, 1.165) is 18.0 Å². The first-order chi connectivity index (χ1) is 5.72. The molecule has 0 radical (unpaired) electrons. The SMILES string of the molecule is Nc1cccc2c1CC1CC21S. The molecule has 0 bridgehead atoms. The van der Waals surface area contributed by atoms with Crippen LogP contribution in [0.15, 0.2) is 18.2 Å². The van der Waals surface area contributed by atoms with Gasteiger partial charge in [0.1, 0.15) is 0 Å². The third kappa shape index (κ3) is 0.626. The Morgan fingerprint density at radius 2 is 2.33 bits per heavy atom. The molecule has 3 rings (SSSR count). The maximum absolute atomic E-state index is 5.88. The fraction of sp³-hybridized carbons (Fsp3) is 0.400. The minimum absolute atomic E-state index is 0.199. The predicted molar refractivity (Wildman–Crippen MR) is 53.3 cm³/mol. The fourth-order valence-electron chi connectivity index (χ4n) is 2.37. The highest BCUT2D eigenvalue weighted by Crippen LogP contribution is 2.64. The zero-order valence-electron chi connectivity index (χ0n) is 6.75. The van der Waals surface area contributed by atoms with Crippen molar-refractivity contribution >= 4 is 18.3 Å². The lowest BCUT2D eigenvalue weighted by Gasteiger charge is -2.09. The second-order valence-electron chi connectivity index (χ2n) is 3.90. The first-order valence-electron chi connectivity index (χ1n) is 4.32. The summed E-state index contributed by atoms with van der Waals surface area (Å²) < 4.78 is 0.199. The zero-order valence-corrected chi connectivity index (χ0v) is 7.64. The van der Waals surface area contributed by atoms with E-state index in [0.29, 0.717) is 0 Å². The quantitative estimate of drug-likeness (QED) is 0.460. The third-order valence-electron chi connectivity index (χ3n) is 3.20. The minimum Gasteiger partial charge on any atom is -0.398 e. The zero-order chi connectivity index (χ0) is 8.34. The average Bonchev–Trinajstić information content (AvgIpc) is 2.60. The molecule has 1 nitrogen and oxygen atoms in total. The number of hydrogen-bond acceptors (Lipinski definition) is 2. The second-order valence-corrected chi connectivity index (χ2v) is 4.70. The number of nitrogens with two attached hydrogens (primary N) is 1. The van der Waals surface area contributed by atoms with Crippen LogP contribution in [0.2, 0.25) is 0 Å². The van der Waals surface area contributed by atoms with Gasteiger partial charge in [0.25, 0.3) is 0 Å². The summed E-state index contributed by atoms with van der Waals surface area (Å²) in [6.45, 7) is 0. The third-order valence-corrected chi connectivity index (χ3v) is 3.99. The van der Waals surface area contributed by atoms with Crippen LogP contribution in [-0.4, -0.2) is 0 Å². The van der Waals surface area contributed by atoms with E-state index in [4.69, 9.17) is 18.4 Å². The van der Waals surface area contributed by atoms with Gasteiger partial charge in [0.15, 0.2) is 0 Å². The van der Waals surface area contributed by atoms with Gasteiger partial charge < -0.3 is 5.73 Å². The van der Waals surface area contributed by atoms with Gasteiger partial charge in [0.05, 0.1) is 0 Å². The van der Waals surface area contributed by atoms with Gasteiger partial charge in [0, 0.05) is 10.4 Å². The Balaban J connectivity index is 2.26. The van der Waals surface area contributed by atoms with E-state index >= 15 is 0 Å². The predicted octanol–water partition coefficient (Wildman–Crippen LogP) is 1.97. The molecule has 0 aromatic heterocycles. The number of fused-ring (bicyclic) bond motifs is 3. The molecular weight excluding hydrogens is 166 g/mol. The molecule has 62 valence electrons. The first kappa shape index (κ1) is 6.84. The van der Waals surface area contributed by atoms with Gasteiger partial charge in [-0.3, -0.25) is 0 Å². The van der Waals surface area contributed by atoms with Crippen LogP contribution in [0, 0.1) is 5.92 Å². The molecule has 0 spiro atoms. The van der Waals surface area contributed by atoms with Gasteiger partial charge in [-0.05, 0) is 36.0 Å². The van der Waals surface area contributed by atoms with Crippen LogP contribution in [0.1, 0.15) is 17.5 Å². The topological polar surface area (TPSA) is 26.0 Å². The number of hydrogen-bond donors (Lipinski definition) is 2. The molecule has 2 heteroatoms. The lowest BCUT2D eigenvalue weighted by molar-refractivity contribution is 0.842. The van der Waals surface area contributed by atoms with E-state index in [1.165, 1.54) is 17.5 Å². The smallest absolute Gasteiger partial charge is 0.0417 e. The molecule has 1 aromatic carbocycles. The Bertz CT molecular complexity index is 361. The number of anilines is 1. The standard InChI is InChI=1S/C10H11NS/c11-9-3-1-2-8-7(9)4-6-5-10(6,8)12/h1-3,6,12H,4-5,11H2. The Morgan fingerprint density at radius 1 is 1.50 bits per heavy atom. The molecular formula is C10H11NS. The van der Waals surface area contributed by atoms with Crippen LogP contribution in [0.5, 0.6) is 0 Å². The van der Waals surface area contributed by atoms with Crippen LogP contribution in [0.4, 0.5) is 5.69 Å². The summed E-state index contributed by atoms with van der Waals surface area (Å²) in [7, 11) is 0. The van der Waals surface area contributed by atoms with E-state index in [2.05, 4.69) is 6.07 Å². The highest BCUT2D eigenvalue weighted by atomic mass is 32.1. The van der Waals surface area contributed by atoms with Gasteiger partial charge in [-0.1, -0.05) is 12.1 Å². The molecule has 1 aromatic rings. The number of rotatable bonds is 0. The van der Waals surface area contributed by atoms with E-state index < -0.39 is 0 Å². The molecule has 2 atom stereocenters. The minimum atomic E-state index is 0.199. The van der Waals surface area contributed by atoms with Gasteiger partial charge >= 0.3 is 0 Å². The molecule has 0 saturated heterocycles. The highest BCUT2D eigenvalue weighted by Gasteiger charge is 2.57. The molecule has 2 N–H and O–H groups in total. The number of benzene rings is 1. The fourth-order valence-corrected chi connectivity index (χ4v) is 2.89. The molecule has 0 heterocycles. The summed E-state index contributed by atoms with van der Waals surface area (Å²) in [5, 5.41) is 0. The van der Waals surface area contributed by atoms with Gasteiger partial charge in [-0.2, -0.15) is 12.6 Å². The van der Waals surface area contributed by atoms with Crippen molar-refractivity contribution in [3.63, 3.8) is 0 Å². The first-order valence-corrected chi connectivity index (χ1v) is 4.77. The molecule has 2 unspecified atom stereocenters. The molecule has 12 heavy (non-hydrogen) atoms. The van der Waals surface area contributed by atoms with Gasteiger partial charge in [-0.25, -0.2) is 0 Å². The van der Waals surface area contributed by atoms with Crippen molar-refractivity contribution in [1.82, 2.24) is 0 Å². The summed E-state index contributed by atoms with van der Waals surface area (Å²) in [4.78, 5) is 0. The molecule has 0 amide bonds. The normalized spacial score (nSPS) is 35.9. The van der Waals surface area contributed by atoms with Crippen molar-refractivity contribution in [2.24, 2.45) is 5.92 Å². The van der Waals surface area contributed by atoms with Crippen molar-refractivity contribution < 1.29 is 0 Å². The van der Waals surface area contributed by atoms with Gasteiger partial charge in [-0.15, -0.1) is 0 Å². The Hall–Kier alpha value is -0.630. The van der Waals surface area contributed by atoms with E-state index in [1.807, 2.05) is 12.1 Å². The molecule has 2 aliphatic rings. The van der Waals surface area contributed by atoms with E-state index in [1.54, 1.807) is 0 Å². The van der Waals surface area contributed by atoms with E-state index in [9.17, 15) is 0 Å². The Kier molecular flexibility index (Phi) is 1.04. The molecule has 1 saturated carbocycles. The van der Waals surface area contributed by atoms with Crippen molar-refractivity contribution in [1.29, 1.82) is 0 Å². The second kappa shape index (κ2) is 1.82. The van der Waals surface area contributed by atoms with Crippen molar-refractivity contribution in [3.05, 3.63) is 29.3 Å². The summed E-state index contributed by atoms with van der Waals surface area (Å²) in [6, 6.07) is 6.19. The van der Waals surface area contributed by atoms with Gasteiger partial charge in [0.2, 0.25) is 0 Å². The average molecular weight is 177 g/mol. The number of nitrogen functional groups attached to an aromatic ring is 1. The van der Waals surface area contributed by atoms with Crippen LogP contribution in [0.25, 0.3) is 0 Å². The summed E-state index contributed by atoms with van der Waals surface area (Å²) in [5.41, 5.74) is 9.57. The highest BCUT2D eigenvalue weighted by molar-refractivity contribution is 7.81. The number of thiol groups is 1. The molecule has 2 aliphatic carbocycles. The maximum Gasteiger partial charge on any atom is 0.0417 e.